The van der Waals surface area contributed by atoms with Crippen molar-refractivity contribution in [1.82, 2.24) is 5.32 Å². The summed E-state index contributed by atoms with van der Waals surface area (Å²) in [6, 6.07) is 7.76. The largest absolute Gasteiger partial charge is 0.493 e. The lowest BCUT2D eigenvalue weighted by atomic mass is 10.00. The van der Waals surface area contributed by atoms with E-state index < -0.39 is 0 Å². The average Bonchev–Trinajstić information content (AvgIpc) is 2.80. The Morgan fingerprint density at radius 3 is 2.73 bits per heavy atom. The Labute approximate surface area is 135 Å². The predicted octanol–water partition coefficient (Wildman–Crippen LogP) is 3.84. The Bertz CT molecular complexity index is 665. The van der Waals surface area contributed by atoms with Gasteiger partial charge in [-0.2, -0.15) is 0 Å². The molecule has 0 saturated carbocycles. The number of hydrogen-bond acceptors (Lipinski definition) is 4. The summed E-state index contributed by atoms with van der Waals surface area (Å²) in [5, 5.41) is 3.46. The molecule has 0 bridgehead atoms. The Morgan fingerprint density at radius 1 is 1.32 bits per heavy atom. The summed E-state index contributed by atoms with van der Waals surface area (Å²) in [4.78, 5) is 13.5. The zero-order valence-electron chi connectivity index (χ0n) is 13.2. The summed E-state index contributed by atoms with van der Waals surface area (Å²) in [7, 11) is 0. The normalized spacial score (nSPS) is 10.5. The molecule has 0 saturated heterocycles. The molecule has 0 fully saturated rings. The predicted molar refractivity (Wildman–Crippen MR) is 92.7 cm³/mol. The molecule has 1 aromatic carbocycles. The van der Waals surface area contributed by atoms with Gasteiger partial charge >= 0.3 is 0 Å². The van der Waals surface area contributed by atoms with Gasteiger partial charge in [0.25, 0.3) is 5.91 Å². The van der Waals surface area contributed by atoms with E-state index in [1.165, 1.54) is 11.3 Å². The maximum atomic E-state index is 12.5. The zero-order valence-corrected chi connectivity index (χ0v) is 14.0. The molecule has 3 N–H and O–H groups in total. The van der Waals surface area contributed by atoms with Crippen LogP contribution in [0.2, 0.25) is 0 Å². The van der Waals surface area contributed by atoms with Crippen molar-refractivity contribution in [2.75, 3.05) is 18.9 Å². The minimum atomic E-state index is -0.120. The fourth-order valence-corrected chi connectivity index (χ4v) is 3.34. The summed E-state index contributed by atoms with van der Waals surface area (Å²) in [5.41, 5.74) is 8.44. The SMILES string of the molecule is CCCNC(=O)c1c(N)sc(C)c1-c1ccccc1OCC. The Morgan fingerprint density at radius 2 is 2.05 bits per heavy atom. The zero-order chi connectivity index (χ0) is 16.1. The van der Waals surface area contributed by atoms with E-state index in [9.17, 15) is 4.79 Å². The molecule has 118 valence electrons. The molecule has 1 amide bonds. The summed E-state index contributed by atoms with van der Waals surface area (Å²) >= 11 is 1.44. The van der Waals surface area contributed by atoms with Crippen LogP contribution in [-0.2, 0) is 0 Å². The molecule has 2 aromatic rings. The third-order valence-electron chi connectivity index (χ3n) is 3.33. The molecular formula is C17H22N2O2S. The lowest BCUT2D eigenvalue weighted by Gasteiger charge is -2.12. The number of carbonyl (C=O) groups excluding carboxylic acids is 1. The van der Waals surface area contributed by atoms with Crippen molar-refractivity contribution in [2.45, 2.75) is 27.2 Å². The Hall–Kier alpha value is -2.01. The van der Waals surface area contributed by atoms with Gasteiger partial charge in [-0.1, -0.05) is 25.1 Å². The number of para-hydroxylation sites is 1. The highest BCUT2D eigenvalue weighted by atomic mass is 32.1. The number of nitrogens with one attached hydrogen (secondary N) is 1. The number of nitrogen functional groups attached to an aromatic ring is 1. The molecule has 1 aromatic heterocycles. The first-order valence-corrected chi connectivity index (χ1v) is 8.31. The second kappa shape index (κ2) is 7.31. The first kappa shape index (κ1) is 16.4. The highest BCUT2D eigenvalue weighted by molar-refractivity contribution is 7.16. The summed E-state index contributed by atoms with van der Waals surface area (Å²) < 4.78 is 5.70. The Kier molecular flexibility index (Phi) is 5.44. The van der Waals surface area contributed by atoms with Crippen LogP contribution in [0.3, 0.4) is 0 Å². The van der Waals surface area contributed by atoms with Crippen LogP contribution in [0, 0.1) is 6.92 Å². The summed E-state index contributed by atoms with van der Waals surface area (Å²) in [6.45, 7) is 7.16. The van der Waals surface area contributed by atoms with Gasteiger partial charge < -0.3 is 15.8 Å². The first-order valence-electron chi connectivity index (χ1n) is 7.49. The molecule has 0 spiro atoms. The van der Waals surface area contributed by atoms with E-state index in [1.807, 2.05) is 45.0 Å². The van der Waals surface area contributed by atoms with Crippen molar-refractivity contribution in [3.05, 3.63) is 34.7 Å². The smallest absolute Gasteiger partial charge is 0.254 e. The molecule has 0 unspecified atom stereocenters. The molecule has 0 aliphatic rings. The van der Waals surface area contributed by atoms with Gasteiger partial charge in [-0.3, -0.25) is 4.79 Å². The molecule has 0 atom stereocenters. The van der Waals surface area contributed by atoms with Crippen molar-refractivity contribution in [2.24, 2.45) is 0 Å². The molecule has 0 aliphatic carbocycles. The highest BCUT2D eigenvalue weighted by Gasteiger charge is 2.23. The molecule has 22 heavy (non-hydrogen) atoms. The standard InChI is InChI=1S/C17H22N2O2S/c1-4-10-19-17(20)15-14(11(3)22-16(15)18)12-8-6-7-9-13(12)21-5-2/h6-9H,4-5,10,18H2,1-3H3,(H,19,20). The number of benzene rings is 1. The number of nitrogens with two attached hydrogens (primary N) is 1. The van der Waals surface area contributed by atoms with Gasteiger partial charge in [0.2, 0.25) is 0 Å². The number of carbonyl (C=O) groups is 1. The van der Waals surface area contributed by atoms with Gasteiger partial charge in [0.1, 0.15) is 5.75 Å². The molecule has 0 radical (unpaired) electrons. The quantitative estimate of drug-likeness (QED) is 0.850. The van der Waals surface area contributed by atoms with Gasteiger partial charge in [-0.05, 0) is 26.3 Å². The monoisotopic (exact) mass is 318 g/mol. The fourth-order valence-electron chi connectivity index (χ4n) is 2.40. The van der Waals surface area contributed by atoms with Gasteiger partial charge in [0.05, 0.1) is 17.2 Å². The highest BCUT2D eigenvalue weighted by Crippen LogP contribution is 2.41. The number of anilines is 1. The number of rotatable bonds is 6. The number of hydrogen-bond donors (Lipinski definition) is 2. The molecule has 1 heterocycles. The second-order valence-electron chi connectivity index (χ2n) is 4.96. The lowest BCUT2D eigenvalue weighted by molar-refractivity contribution is 0.0955. The maximum Gasteiger partial charge on any atom is 0.254 e. The van der Waals surface area contributed by atoms with Crippen LogP contribution in [-0.4, -0.2) is 19.1 Å². The van der Waals surface area contributed by atoms with E-state index in [2.05, 4.69) is 5.32 Å². The third-order valence-corrected chi connectivity index (χ3v) is 4.26. The van der Waals surface area contributed by atoms with Crippen molar-refractivity contribution < 1.29 is 9.53 Å². The van der Waals surface area contributed by atoms with Crippen molar-refractivity contribution >= 4 is 22.2 Å². The summed E-state index contributed by atoms with van der Waals surface area (Å²) in [6.07, 6.45) is 0.889. The van der Waals surface area contributed by atoms with E-state index in [0.717, 1.165) is 28.2 Å². The summed E-state index contributed by atoms with van der Waals surface area (Å²) in [5.74, 6) is 0.653. The van der Waals surface area contributed by atoms with Crippen LogP contribution in [0.5, 0.6) is 5.75 Å². The minimum absolute atomic E-state index is 0.120. The van der Waals surface area contributed by atoms with Crippen LogP contribution < -0.4 is 15.8 Å². The van der Waals surface area contributed by atoms with Crippen LogP contribution in [0.25, 0.3) is 11.1 Å². The van der Waals surface area contributed by atoms with E-state index in [4.69, 9.17) is 10.5 Å². The Balaban J connectivity index is 2.54. The maximum absolute atomic E-state index is 12.5. The fraction of sp³-hybridized carbons (Fsp3) is 0.353. The molecule has 0 aliphatic heterocycles. The number of amides is 1. The minimum Gasteiger partial charge on any atom is -0.493 e. The molecule has 2 rings (SSSR count). The molecular weight excluding hydrogens is 296 g/mol. The van der Waals surface area contributed by atoms with Crippen LogP contribution in [0.15, 0.2) is 24.3 Å². The number of ether oxygens (including phenoxy) is 1. The van der Waals surface area contributed by atoms with Crippen LogP contribution in [0.1, 0.15) is 35.5 Å². The topological polar surface area (TPSA) is 64.4 Å². The van der Waals surface area contributed by atoms with Crippen LogP contribution >= 0.6 is 11.3 Å². The van der Waals surface area contributed by atoms with Crippen molar-refractivity contribution in [3.8, 4) is 16.9 Å². The van der Waals surface area contributed by atoms with E-state index in [-0.39, 0.29) is 5.91 Å². The van der Waals surface area contributed by atoms with Gasteiger partial charge in [-0.25, -0.2) is 0 Å². The molecule has 4 nitrogen and oxygen atoms in total. The number of aryl methyl sites for hydroxylation is 1. The molecule has 5 heteroatoms. The van der Waals surface area contributed by atoms with Gasteiger partial charge in [0, 0.05) is 22.5 Å². The van der Waals surface area contributed by atoms with E-state index in [0.29, 0.717) is 23.7 Å². The second-order valence-corrected chi connectivity index (χ2v) is 6.21. The van der Waals surface area contributed by atoms with Gasteiger partial charge in [0.15, 0.2) is 0 Å². The lowest BCUT2D eigenvalue weighted by Crippen LogP contribution is -2.24. The van der Waals surface area contributed by atoms with Gasteiger partial charge in [-0.15, -0.1) is 11.3 Å². The van der Waals surface area contributed by atoms with Crippen LogP contribution in [0.4, 0.5) is 5.00 Å². The van der Waals surface area contributed by atoms with E-state index >= 15 is 0 Å². The first-order chi connectivity index (χ1) is 10.6. The average molecular weight is 318 g/mol. The van der Waals surface area contributed by atoms with Crippen molar-refractivity contribution in [1.29, 1.82) is 0 Å². The van der Waals surface area contributed by atoms with E-state index in [1.54, 1.807) is 0 Å². The third kappa shape index (κ3) is 3.25. The van der Waals surface area contributed by atoms with Crippen molar-refractivity contribution in [3.63, 3.8) is 0 Å². The number of thiophene rings is 1.